The van der Waals surface area contributed by atoms with Crippen LogP contribution in [0.5, 0.6) is 0 Å². The predicted molar refractivity (Wildman–Crippen MR) is 82.6 cm³/mol. The SMILES string of the molecule is CCCCCCC[C@H]1CO[C@H](c2c(F)cc(C)c(F)c2F)OC1. The highest BCUT2D eigenvalue weighted by atomic mass is 19.2. The van der Waals surface area contributed by atoms with Crippen molar-refractivity contribution >= 4 is 0 Å². The molecule has 23 heavy (non-hydrogen) atoms. The third kappa shape index (κ3) is 4.70. The van der Waals surface area contributed by atoms with Crippen LogP contribution in [-0.2, 0) is 9.47 Å². The Morgan fingerprint density at radius 1 is 1.00 bits per heavy atom. The summed E-state index contributed by atoms with van der Waals surface area (Å²) in [5.74, 6) is -2.86. The van der Waals surface area contributed by atoms with Crippen LogP contribution < -0.4 is 0 Å². The molecular weight excluding hydrogens is 305 g/mol. The van der Waals surface area contributed by atoms with Gasteiger partial charge in [0.1, 0.15) is 5.82 Å². The normalized spacial score (nSPS) is 21.6. The summed E-state index contributed by atoms with van der Waals surface area (Å²) in [7, 11) is 0. The molecule has 0 saturated carbocycles. The van der Waals surface area contributed by atoms with Crippen LogP contribution in [0.1, 0.15) is 62.9 Å². The highest BCUT2D eigenvalue weighted by molar-refractivity contribution is 5.28. The van der Waals surface area contributed by atoms with Gasteiger partial charge in [0, 0.05) is 5.92 Å². The summed E-state index contributed by atoms with van der Waals surface area (Å²) >= 11 is 0. The molecule has 0 aliphatic carbocycles. The van der Waals surface area contributed by atoms with Gasteiger partial charge in [0.25, 0.3) is 0 Å². The van der Waals surface area contributed by atoms with E-state index in [-0.39, 0.29) is 11.5 Å². The molecule has 1 aliphatic heterocycles. The molecule has 0 spiro atoms. The summed E-state index contributed by atoms with van der Waals surface area (Å²) in [4.78, 5) is 0. The molecule has 5 heteroatoms. The Kier molecular flexibility index (Phi) is 6.90. The van der Waals surface area contributed by atoms with Gasteiger partial charge in [0.05, 0.1) is 18.8 Å². The zero-order valence-electron chi connectivity index (χ0n) is 13.8. The molecule has 1 heterocycles. The predicted octanol–water partition coefficient (Wildman–Crippen LogP) is 5.43. The Labute approximate surface area is 136 Å². The fraction of sp³-hybridized carbons (Fsp3) is 0.667. The molecule has 0 amide bonds. The third-order valence-electron chi connectivity index (χ3n) is 4.29. The Morgan fingerprint density at radius 2 is 1.65 bits per heavy atom. The van der Waals surface area contributed by atoms with Gasteiger partial charge in [0.2, 0.25) is 0 Å². The van der Waals surface area contributed by atoms with E-state index in [1.54, 1.807) is 0 Å². The van der Waals surface area contributed by atoms with Crippen LogP contribution in [-0.4, -0.2) is 13.2 Å². The van der Waals surface area contributed by atoms with Crippen molar-refractivity contribution in [2.45, 2.75) is 58.7 Å². The first kappa shape index (κ1) is 18.3. The molecular formula is C18H25F3O2. The van der Waals surface area contributed by atoms with E-state index in [1.165, 1.54) is 32.6 Å². The molecule has 1 aliphatic rings. The lowest BCUT2D eigenvalue weighted by Gasteiger charge is -2.30. The highest BCUT2D eigenvalue weighted by Gasteiger charge is 2.30. The zero-order valence-corrected chi connectivity index (χ0v) is 13.8. The van der Waals surface area contributed by atoms with Crippen molar-refractivity contribution in [3.8, 4) is 0 Å². The second kappa shape index (κ2) is 8.69. The maximum Gasteiger partial charge on any atom is 0.189 e. The van der Waals surface area contributed by atoms with Gasteiger partial charge in [0.15, 0.2) is 17.9 Å². The van der Waals surface area contributed by atoms with Gasteiger partial charge in [-0.15, -0.1) is 0 Å². The van der Waals surface area contributed by atoms with Gasteiger partial charge in [-0.2, -0.15) is 0 Å². The molecule has 0 unspecified atom stereocenters. The number of unbranched alkanes of at least 4 members (excludes halogenated alkanes) is 4. The Hall–Kier alpha value is -1.07. The smallest absolute Gasteiger partial charge is 0.189 e. The second-order valence-corrected chi connectivity index (χ2v) is 6.28. The summed E-state index contributed by atoms with van der Waals surface area (Å²) < 4.78 is 52.4. The van der Waals surface area contributed by atoms with Crippen LogP contribution in [0.3, 0.4) is 0 Å². The highest BCUT2D eigenvalue weighted by Crippen LogP contribution is 2.32. The van der Waals surface area contributed by atoms with Crippen molar-refractivity contribution in [2.75, 3.05) is 13.2 Å². The van der Waals surface area contributed by atoms with Crippen LogP contribution in [0.2, 0.25) is 0 Å². The molecule has 1 aromatic carbocycles. The quantitative estimate of drug-likeness (QED) is 0.490. The molecule has 0 bridgehead atoms. The molecule has 2 nitrogen and oxygen atoms in total. The molecule has 2 rings (SSSR count). The van der Waals surface area contributed by atoms with Crippen LogP contribution >= 0.6 is 0 Å². The van der Waals surface area contributed by atoms with Gasteiger partial charge in [-0.05, 0) is 25.0 Å². The third-order valence-corrected chi connectivity index (χ3v) is 4.29. The lowest BCUT2D eigenvalue weighted by Crippen LogP contribution is -2.28. The van der Waals surface area contributed by atoms with Crippen LogP contribution in [0, 0.1) is 30.3 Å². The van der Waals surface area contributed by atoms with Crippen molar-refractivity contribution in [1.82, 2.24) is 0 Å². The summed E-state index contributed by atoms with van der Waals surface area (Å²) in [5, 5.41) is 0. The maximum absolute atomic E-state index is 14.0. The lowest BCUT2D eigenvalue weighted by atomic mass is 10.0. The molecule has 1 aromatic rings. The average molecular weight is 330 g/mol. The zero-order chi connectivity index (χ0) is 16.8. The molecule has 0 atom stereocenters. The van der Waals surface area contributed by atoms with E-state index in [4.69, 9.17) is 9.47 Å². The number of rotatable bonds is 7. The van der Waals surface area contributed by atoms with Gasteiger partial charge >= 0.3 is 0 Å². The van der Waals surface area contributed by atoms with E-state index >= 15 is 0 Å². The Bertz CT molecular complexity index is 511. The number of ether oxygens (including phenoxy) is 2. The minimum atomic E-state index is -1.22. The van der Waals surface area contributed by atoms with Crippen LogP contribution in [0.4, 0.5) is 13.2 Å². The molecule has 1 saturated heterocycles. The lowest BCUT2D eigenvalue weighted by molar-refractivity contribution is -0.208. The topological polar surface area (TPSA) is 18.5 Å². The molecule has 1 fully saturated rings. The van der Waals surface area contributed by atoms with E-state index in [2.05, 4.69) is 6.92 Å². The summed E-state index contributed by atoms with van der Waals surface area (Å²) in [6.07, 6.45) is 5.78. The summed E-state index contributed by atoms with van der Waals surface area (Å²) in [6.45, 7) is 4.26. The Morgan fingerprint density at radius 3 is 2.30 bits per heavy atom. The van der Waals surface area contributed by atoms with Gasteiger partial charge in [-0.1, -0.05) is 39.0 Å². The largest absolute Gasteiger partial charge is 0.348 e. The number of benzene rings is 1. The van der Waals surface area contributed by atoms with E-state index in [9.17, 15) is 13.2 Å². The fourth-order valence-electron chi connectivity index (χ4n) is 2.86. The number of halogens is 3. The van der Waals surface area contributed by atoms with Gasteiger partial charge in [-0.25, -0.2) is 13.2 Å². The minimum absolute atomic E-state index is 0.0653. The van der Waals surface area contributed by atoms with Crippen molar-refractivity contribution < 1.29 is 22.6 Å². The van der Waals surface area contributed by atoms with Crippen LogP contribution in [0.15, 0.2) is 6.07 Å². The van der Waals surface area contributed by atoms with Crippen molar-refractivity contribution in [3.63, 3.8) is 0 Å². The van der Waals surface area contributed by atoms with Gasteiger partial charge < -0.3 is 9.47 Å². The summed E-state index contributed by atoms with van der Waals surface area (Å²) in [6, 6.07) is 0.973. The first-order valence-corrected chi connectivity index (χ1v) is 8.41. The first-order valence-electron chi connectivity index (χ1n) is 8.41. The average Bonchev–Trinajstić information content (AvgIpc) is 2.54. The molecule has 130 valence electrons. The van der Waals surface area contributed by atoms with E-state index in [0.29, 0.717) is 13.2 Å². The Balaban J connectivity index is 1.86. The van der Waals surface area contributed by atoms with E-state index in [1.807, 2.05) is 0 Å². The monoisotopic (exact) mass is 330 g/mol. The number of aryl methyl sites for hydroxylation is 1. The molecule has 0 aromatic heterocycles. The maximum atomic E-state index is 14.0. The number of hydrogen-bond donors (Lipinski definition) is 0. The first-order chi connectivity index (χ1) is 11.0. The number of hydrogen-bond acceptors (Lipinski definition) is 2. The molecule has 0 radical (unpaired) electrons. The fourth-order valence-corrected chi connectivity index (χ4v) is 2.86. The van der Waals surface area contributed by atoms with Crippen LogP contribution in [0.25, 0.3) is 0 Å². The van der Waals surface area contributed by atoms with Gasteiger partial charge in [-0.3, -0.25) is 0 Å². The summed E-state index contributed by atoms with van der Waals surface area (Å²) in [5.41, 5.74) is -0.529. The second-order valence-electron chi connectivity index (χ2n) is 6.28. The van der Waals surface area contributed by atoms with E-state index < -0.39 is 29.3 Å². The van der Waals surface area contributed by atoms with Crippen molar-refractivity contribution in [3.05, 3.63) is 34.6 Å². The van der Waals surface area contributed by atoms with Crippen molar-refractivity contribution in [1.29, 1.82) is 0 Å². The van der Waals surface area contributed by atoms with E-state index in [0.717, 1.165) is 18.9 Å². The molecule has 0 N–H and O–H groups in total. The van der Waals surface area contributed by atoms with Crippen molar-refractivity contribution in [2.24, 2.45) is 5.92 Å². The standard InChI is InChI=1S/C18H25F3O2/c1-3-4-5-6-7-8-13-10-22-18(23-11-13)15-14(19)9-12(2)16(20)17(15)21/h9,13,18H,3-8,10-11H2,1-2H3/t13-,18-. The minimum Gasteiger partial charge on any atom is -0.348 e.